The van der Waals surface area contributed by atoms with Gasteiger partial charge in [0.1, 0.15) is 17.2 Å². The van der Waals surface area contributed by atoms with Crippen LogP contribution in [0.2, 0.25) is 0 Å². The second kappa shape index (κ2) is 13.0. The first-order valence-electron chi connectivity index (χ1n) is 17.2. The third kappa shape index (κ3) is 5.94. The number of nitrogens with zero attached hydrogens (tertiary/aromatic N) is 5. The highest BCUT2D eigenvalue weighted by Crippen LogP contribution is 2.62. The van der Waals surface area contributed by atoms with Gasteiger partial charge >= 0.3 is 5.97 Å². The van der Waals surface area contributed by atoms with Gasteiger partial charge in [-0.05, 0) is 67.2 Å². The maximum absolute atomic E-state index is 13.8. The minimum atomic E-state index is -0.672. The molecule has 0 spiro atoms. The van der Waals surface area contributed by atoms with Crippen molar-refractivity contribution in [1.29, 1.82) is 0 Å². The Kier molecular flexibility index (Phi) is 8.85. The second-order valence-corrected chi connectivity index (χ2v) is 14.6. The molecule has 49 heavy (non-hydrogen) atoms. The van der Waals surface area contributed by atoms with E-state index in [9.17, 15) is 15.0 Å². The fourth-order valence-electron chi connectivity index (χ4n) is 9.15. The Labute approximate surface area is 286 Å². The number of cyclic esters (lactones) is 1. The summed E-state index contributed by atoms with van der Waals surface area (Å²) in [4.78, 5) is 29.3. The van der Waals surface area contributed by atoms with Gasteiger partial charge in [-0.15, -0.1) is 0 Å². The zero-order valence-corrected chi connectivity index (χ0v) is 28.5. The molecule has 2 aliphatic heterocycles. The molecular weight excluding hydrogens is 622 g/mol. The van der Waals surface area contributed by atoms with E-state index in [-0.39, 0.29) is 35.8 Å². The third-order valence-corrected chi connectivity index (χ3v) is 11.9. The van der Waals surface area contributed by atoms with E-state index < -0.39 is 23.5 Å². The van der Waals surface area contributed by atoms with Gasteiger partial charge in [-0.3, -0.25) is 4.90 Å². The molecule has 1 saturated heterocycles. The summed E-state index contributed by atoms with van der Waals surface area (Å²) in [5.41, 5.74) is 8.00. The molecule has 4 aliphatic rings. The van der Waals surface area contributed by atoms with Crippen molar-refractivity contribution >= 4 is 34.8 Å². The van der Waals surface area contributed by atoms with E-state index in [1.54, 1.807) is 12.4 Å². The van der Waals surface area contributed by atoms with Crippen LogP contribution in [-0.4, -0.2) is 91.7 Å². The lowest BCUT2D eigenvalue weighted by Crippen LogP contribution is -2.62. The molecule has 2 saturated carbocycles. The molecular formula is C37H47N7O5. The van der Waals surface area contributed by atoms with Gasteiger partial charge in [-0.2, -0.15) is 4.98 Å². The van der Waals surface area contributed by atoms with Crippen LogP contribution in [0.25, 0.3) is 17.1 Å². The number of morpholine rings is 1. The first-order chi connectivity index (χ1) is 23.5. The van der Waals surface area contributed by atoms with Gasteiger partial charge in [0.25, 0.3) is 0 Å². The van der Waals surface area contributed by atoms with Crippen LogP contribution in [-0.2, 0) is 21.3 Å². The van der Waals surface area contributed by atoms with Crippen LogP contribution in [0, 0.1) is 22.7 Å². The number of ether oxygens (including phenoxy) is 2. The predicted molar refractivity (Wildman–Crippen MR) is 187 cm³/mol. The second-order valence-electron chi connectivity index (χ2n) is 14.6. The van der Waals surface area contributed by atoms with Gasteiger partial charge in [-0.1, -0.05) is 32.1 Å². The Morgan fingerprint density at radius 3 is 2.78 bits per heavy atom. The predicted octanol–water partition coefficient (Wildman–Crippen LogP) is 3.69. The lowest BCUT2D eigenvalue weighted by molar-refractivity contribution is -0.163. The summed E-state index contributed by atoms with van der Waals surface area (Å²) in [5.74, 6) is 0.815. The van der Waals surface area contributed by atoms with E-state index in [4.69, 9.17) is 21.8 Å². The standard InChI is InChI=1S/C37H47N7O5/c1-22-27(36(2)9-8-31(46)37(3,21-45)30(36)18-29(22)44-11-13-48-14-12-44)17-28(41-32-7-5-6-10-39-32)25-16-24(49-34(25)47)15-23-20-43(4)33-26(23)19-40-35(38)42-33/h5-7,10,15-16,19-20,27-31,45-46H,1,8-9,11-14,17-18,21H2,2-4H3,(H,39,41)(H2,38,40,42)/t27?,28?,29?,30?,31-,36-,37+/m1/s1. The maximum atomic E-state index is 13.8. The van der Waals surface area contributed by atoms with Crippen molar-refractivity contribution in [2.24, 2.45) is 29.7 Å². The number of esters is 1. The first-order valence-corrected chi connectivity index (χ1v) is 17.2. The van der Waals surface area contributed by atoms with Gasteiger partial charge in [0, 0.05) is 61.1 Å². The minimum Gasteiger partial charge on any atom is -0.423 e. The van der Waals surface area contributed by atoms with Gasteiger partial charge in [0.05, 0.1) is 37.5 Å². The third-order valence-electron chi connectivity index (χ3n) is 11.9. The molecule has 3 aromatic rings. The number of carbonyl (C=O) groups excluding carboxylic acids is 1. The van der Waals surface area contributed by atoms with Gasteiger partial charge < -0.3 is 35.3 Å². The topological polar surface area (TPSA) is 161 Å². The summed E-state index contributed by atoms with van der Waals surface area (Å²) in [6, 6.07) is 5.26. The number of nitrogens with two attached hydrogens (primary N) is 1. The number of allylic oxidation sites excluding steroid dienone is 1. The first kappa shape index (κ1) is 33.4. The summed E-state index contributed by atoms with van der Waals surface area (Å²) in [5, 5.41) is 26.5. The van der Waals surface area contributed by atoms with Crippen molar-refractivity contribution in [2.75, 3.05) is 44.0 Å². The number of aryl methyl sites for hydroxylation is 1. The van der Waals surface area contributed by atoms with Crippen LogP contribution >= 0.6 is 0 Å². The van der Waals surface area contributed by atoms with Crippen LogP contribution < -0.4 is 11.1 Å². The summed E-state index contributed by atoms with van der Waals surface area (Å²) in [6.45, 7) is 11.9. The van der Waals surface area contributed by atoms with Crippen LogP contribution in [0.5, 0.6) is 0 Å². The monoisotopic (exact) mass is 669 g/mol. The Hall–Kier alpha value is -4.10. The molecule has 0 bridgehead atoms. The van der Waals surface area contributed by atoms with Gasteiger partial charge in [0.2, 0.25) is 5.95 Å². The smallest absolute Gasteiger partial charge is 0.341 e. The Morgan fingerprint density at radius 1 is 1.24 bits per heavy atom. The van der Waals surface area contributed by atoms with Gasteiger partial charge in [-0.25, -0.2) is 14.8 Å². The quantitative estimate of drug-likeness (QED) is 0.205. The van der Waals surface area contributed by atoms with Crippen molar-refractivity contribution in [1.82, 2.24) is 24.4 Å². The lowest BCUT2D eigenvalue weighted by atomic mass is 9.45. The zero-order valence-electron chi connectivity index (χ0n) is 28.5. The van der Waals surface area contributed by atoms with E-state index >= 15 is 0 Å². The number of nitrogens with one attached hydrogen (secondary N) is 1. The van der Waals surface area contributed by atoms with E-state index in [2.05, 4.69) is 32.1 Å². The Bertz CT molecular complexity index is 1800. The average Bonchev–Trinajstić information content (AvgIpc) is 3.62. The molecule has 7 rings (SSSR count). The number of hydrogen-bond acceptors (Lipinski definition) is 11. The van der Waals surface area contributed by atoms with Crippen molar-refractivity contribution in [3.63, 3.8) is 0 Å². The van der Waals surface area contributed by atoms with Crippen LogP contribution in [0.3, 0.4) is 0 Å². The normalized spacial score (nSPS) is 32.2. The van der Waals surface area contributed by atoms with Crippen LogP contribution in [0.1, 0.15) is 45.1 Å². The average molecular weight is 670 g/mol. The zero-order chi connectivity index (χ0) is 34.5. The van der Waals surface area contributed by atoms with Crippen molar-refractivity contribution in [2.45, 2.75) is 57.7 Å². The highest BCUT2D eigenvalue weighted by atomic mass is 16.5. The number of aromatic nitrogens is 4. The van der Waals surface area contributed by atoms with Crippen LogP contribution in [0.15, 0.2) is 66.3 Å². The van der Waals surface area contributed by atoms with Crippen molar-refractivity contribution in [3.8, 4) is 0 Å². The highest BCUT2D eigenvalue weighted by Gasteiger charge is 2.60. The summed E-state index contributed by atoms with van der Waals surface area (Å²) < 4.78 is 13.5. The molecule has 3 fully saturated rings. The Morgan fingerprint density at radius 2 is 2.04 bits per heavy atom. The SMILES string of the molecule is C=C1C(N2CCOCC2)CC2[C@](C)(CC[C@@H](O)[C@@]2(C)CO)C1CC(Nc1ccccn1)C1=CC(=Cc2cn(C)c3nc(N)ncc23)OC1=O. The number of anilines is 2. The molecule has 3 aromatic heterocycles. The number of rotatable bonds is 8. The van der Waals surface area contributed by atoms with Crippen molar-refractivity contribution < 1.29 is 24.5 Å². The number of carbonyl (C=O) groups is 1. The number of aliphatic hydroxyl groups is 2. The van der Waals surface area contributed by atoms with Crippen molar-refractivity contribution in [3.05, 3.63) is 71.9 Å². The highest BCUT2D eigenvalue weighted by molar-refractivity contribution is 5.96. The number of hydrogen-bond donors (Lipinski definition) is 4. The molecule has 7 atom stereocenters. The fraction of sp³-hybridized carbons (Fsp3) is 0.514. The minimum absolute atomic E-state index is 0.0233. The number of pyridine rings is 1. The summed E-state index contributed by atoms with van der Waals surface area (Å²) >= 11 is 0. The molecule has 5 heterocycles. The summed E-state index contributed by atoms with van der Waals surface area (Å²) in [7, 11) is 1.88. The molecule has 0 amide bonds. The molecule has 260 valence electrons. The molecule has 12 heteroatoms. The largest absolute Gasteiger partial charge is 0.423 e. The molecule has 5 N–H and O–H groups in total. The summed E-state index contributed by atoms with van der Waals surface area (Å²) in [6.07, 6.45) is 11.1. The number of nitrogen functional groups attached to an aromatic ring is 1. The Balaban J connectivity index is 1.28. The fourth-order valence-corrected chi connectivity index (χ4v) is 9.15. The molecule has 0 aromatic carbocycles. The maximum Gasteiger partial charge on any atom is 0.341 e. The number of aliphatic hydroxyl groups excluding tert-OH is 2. The molecule has 12 nitrogen and oxygen atoms in total. The van der Waals surface area contributed by atoms with E-state index in [0.717, 1.165) is 42.5 Å². The molecule has 0 radical (unpaired) electrons. The molecule has 2 aliphatic carbocycles. The van der Waals surface area contributed by atoms with Crippen LogP contribution in [0.4, 0.5) is 11.8 Å². The van der Waals surface area contributed by atoms with Gasteiger partial charge in [0.15, 0.2) is 0 Å². The van der Waals surface area contributed by atoms with E-state index in [1.165, 1.54) is 0 Å². The van der Waals surface area contributed by atoms with E-state index in [0.29, 0.717) is 48.9 Å². The molecule has 4 unspecified atom stereocenters. The lowest BCUT2D eigenvalue weighted by Gasteiger charge is -2.62. The van der Waals surface area contributed by atoms with E-state index in [1.807, 2.05) is 55.1 Å². The number of fused-ring (bicyclic) bond motifs is 2.